The van der Waals surface area contributed by atoms with Gasteiger partial charge in [-0.25, -0.2) is 0 Å². The van der Waals surface area contributed by atoms with Crippen molar-refractivity contribution in [3.05, 3.63) is 59.9 Å². The van der Waals surface area contributed by atoms with Gasteiger partial charge in [0.25, 0.3) is 5.91 Å². The lowest BCUT2D eigenvalue weighted by molar-refractivity contribution is -0.0568. The molecular formula is C20H21N3O3. The van der Waals surface area contributed by atoms with Gasteiger partial charge in [0.15, 0.2) is 0 Å². The van der Waals surface area contributed by atoms with Gasteiger partial charge in [-0.2, -0.15) is 0 Å². The zero-order valence-electron chi connectivity index (χ0n) is 14.7. The standard InChI is InChI=1S/C20H21N3O3/c1-25-18-7-3-2-6-16(18)19(24)23-11-8-20(9-12-23)13-17(22-26-20)15-5-4-10-21-14-15/h2-7,10,14H,8-9,11-13H2,1H3. The predicted molar refractivity (Wildman–Crippen MR) is 97.3 cm³/mol. The Kier molecular flexibility index (Phi) is 4.32. The number of aromatic nitrogens is 1. The smallest absolute Gasteiger partial charge is 0.257 e. The van der Waals surface area contributed by atoms with Crippen molar-refractivity contribution in [3.8, 4) is 5.75 Å². The largest absolute Gasteiger partial charge is 0.496 e. The third-order valence-corrected chi connectivity index (χ3v) is 5.13. The van der Waals surface area contributed by atoms with Gasteiger partial charge in [0.05, 0.1) is 18.4 Å². The molecular weight excluding hydrogens is 330 g/mol. The van der Waals surface area contributed by atoms with Crippen LogP contribution in [0.2, 0.25) is 0 Å². The van der Waals surface area contributed by atoms with Crippen LogP contribution in [0, 0.1) is 0 Å². The number of benzene rings is 1. The molecule has 0 aliphatic carbocycles. The molecule has 0 unspecified atom stereocenters. The Morgan fingerprint density at radius 1 is 1.19 bits per heavy atom. The summed E-state index contributed by atoms with van der Waals surface area (Å²) in [6.07, 6.45) is 5.84. The van der Waals surface area contributed by atoms with Gasteiger partial charge >= 0.3 is 0 Å². The third kappa shape index (κ3) is 3.03. The summed E-state index contributed by atoms with van der Waals surface area (Å²) in [6.45, 7) is 1.29. The molecule has 1 fully saturated rings. The number of pyridine rings is 1. The van der Waals surface area contributed by atoms with Crippen molar-refractivity contribution in [1.82, 2.24) is 9.88 Å². The van der Waals surface area contributed by atoms with Gasteiger partial charge in [0.1, 0.15) is 11.4 Å². The van der Waals surface area contributed by atoms with Gasteiger partial charge in [-0.3, -0.25) is 9.78 Å². The van der Waals surface area contributed by atoms with Gasteiger partial charge in [0, 0.05) is 50.3 Å². The number of carbonyl (C=O) groups is 1. The second-order valence-corrected chi connectivity index (χ2v) is 6.72. The average molecular weight is 351 g/mol. The second kappa shape index (κ2) is 6.78. The van der Waals surface area contributed by atoms with Gasteiger partial charge in [0.2, 0.25) is 0 Å². The first-order chi connectivity index (χ1) is 12.7. The molecule has 1 amide bonds. The summed E-state index contributed by atoms with van der Waals surface area (Å²) in [5, 5.41) is 4.29. The maximum atomic E-state index is 12.8. The molecule has 0 atom stereocenters. The number of hydrogen-bond donors (Lipinski definition) is 0. The highest BCUT2D eigenvalue weighted by molar-refractivity contribution is 6.01. The van der Waals surface area contributed by atoms with Crippen molar-refractivity contribution >= 4 is 11.6 Å². The molecule has 1 saturated heterocycles. The summed E-state index contributed by atoms with van der Waals surface area (Å²) < 4.78 is 5.32. The molecule has 2 aromatic rings. The number of hydrogen-bond acceptors (Lipinski definition) is 5. The minimum atomic E-state index is -0.303. The minimum Gasteiger partial charge on any atom is -0.496 e. The fraction of sp³-hybridized carbons (Fsp3) is 0.350. The molecule has 0 N–H and O–H groups in total. The molecule has 6 heteroatoms. The number of likely N-dealkylation sites (tertiary alicyclic amines) is 1. The highest BCUT2D eigenvalue weighted by Gasteiger charge is 2.43. The molecule has 3 heterocycles. The Balaban J connectivity index is 1.41. The maximum Gasteiger partial charge on any atom is 0.257 e. The molecule has 0 saturated carbocycles. The summed E-state index contributed by atoms with van der Waals surface area (Å²) in [4.78, 5) is 24.7. The molecule has 134 valence electrons. The number of piperidine rings is 1. The van der Waals surface area contributed by atoms with E-state index < -0.39 is 0 Å². The first-order valence-electron chi connectivity index (χ1n) is 8.78. The molecule has 2 aliphatic rings. The van der Waals surface area contributed by atoms with E-state index in [1.807, 2.05) is 41.4 Å². The van der Waals surface area contributed by atoms with E-state index in [2.05, 4.69) is 10.1 Å². The SMILES string of the molecule is COc1ccccc1C(=O)N1CCC2(CC1)CC(c1cccnc1)=NO2. The molecule has 26 heavy (non-hydrogen) atoms. The third-order valence-electron chi connectivity index (χ3n) is 5.13. The van der Waals surface area contributed by atoms with Crippen LogP contribution in [0.5, 0.6) is 5.75 Å². The second-order valence-electron chi connectivity index (χ2n) is 6.72. The number of methoxy groups -OCH3 is 1. The van der Waals surface area contributed by atoms with Crippen LogP contribution >= 0.6 is 0 Å². The topological polar surface area (TPSA) is 64.0 Å². The number of oxime groups is 1. The Bertz CT molecular complexity index is 827. The summed E-state index contributed by atoms with van der Waals surface area (Å²) in [5.74, 6) is 0.612. The summed E-state index contributed by atoms with van der Waals surface area (Å²) in [5.41, 5.74) is 2.23. The molecule has 4 rings (SSSR count). The van der Waals surface area contributed by atoms with Crippen LogP contribution in [-0.4, -0.2) is 47.3 Å². The monoisotopic (exact) mass is 351 g/mol. The number of nitrogens with zero attached hydrogens (tertiary/aromatic N) is 3. The van der Waals surface area contributed by atoms with E-state index in [-0.39, 0.29) is 11.5 Å². The van der Waals surface area contributed by atoms with Crippen molar-refractivity contribution in [2.24, 2.45) is 5.16 Å². The fourth-order valence-electron chi connectivity index (χ4n) is 3.59. The summed E-state index contributed by atoms with van der Waals surface area (Å²) in [7, 11) is 1.58. The predicted octanol–water partition coefficient (Wildman–Crippen LogP) is 2.89. The van der Waals surface area contributed by atoms with E-state index in [1.165, 1.54) is 0 Å². The van der Waals surface area contributed by atoms with E-state index in [4.69, 9.17) is 9.57 Å². The first kappa shape index (κ1) is 16.6. The normalized spacial score (nSPS) is 18.3. The molecule has 0 radical (unpaired) electrons. The number of carbonyl (C=O) groups excluding carboxylic acids is 1. The number of rotatable bonds is 3. The van der Waals surface area contributed by atoms with Gasteiger partial charge in [-0.1, -0.05) is 17.3 Å². The highest BCUT2D eigenvalue weighted by Crippen LogP contribution is 2.36. The Labute approximate surface area is 152 Å². The van der Waals surface area contributed by atoms with Crippen LogP contribution in [0.3, 0.4) is 0 Å². The summed E-state index contributed by atoms with van der Waals surface area (Å²) >= 11 is 0. The zero-order chi connectivity index (χ0) is 18.0. The molecule has 0 bridgehead atoms. The quantitative estimate of drug-likeness (QED) is 0.853. The van der Waals surface area contributed by atoms with Crippen molar-refractivity contribution in [1.29, 1.82) is 0 Å². The lowest BCUT2D eigenvalue weighted by atomic mass is 9.85. The average Bonchev–Trinajstić information content (AvgIpc) is 3.12. The van der Waals surface area contributed by atoms with Crippen molar-refractivity contribution in [2.45, 2.75) is 24.9 Å². The van der Waals surface area contributed by atoms with E-state index in [1.54, 1.807) is 19.4 Å². The lowest BCUT2D eigenvalue weighted by Crippen LogP contribution is -2.46. The van der Waals surface area contributed by atoms with Crippen LogP contribution in [0.25, 0.3) is 0 Å². The zero-order valence-corrected chi connectivity index (χ0v) is 14.7. The van der Waals surface area contributed by atoms with Crippen LogP contribution in [0.4, 0.5) is 0 Å². The number of para-hydroxylation sites is 1. The molecule has 1 aromatic carbocycles. The van der Waals surface area contributed by atoms with E-state index in [0.29, 0.717) is 24.4 Å². The Morgan fingerprint density at radius 3 is 2.73 bits per heavy atom. The van der Waals surface area contributed by atoms with Crippen molar-refractivity contribution in [3.63, 3.8) is 0 Å². The summed E-state index contributed by atoms with van der Waals surface area (Å²) in [6, 6.07) is 11.2. The van der Waals surface area contributed by atoms with Crippen LogP contribution in [-0.2, 0) is 4.84 Å². The fourth-order valence-corrected chi connectivity index (χ4v) is 3.59. The van der Waals surface area contributed by atoms with E-state index >= 15 is 0 Å². The lowest BCUT2D eigenvalue weighted by Gasteiger charge is -2.37. The molecule has 1 aromatic heterocycles. The minimum absolute atomic E-state index is 0.00342. The van der Waals surface area contributed by atoms with Crippen LogP contribution in [0.15, 0.2) is 53.9 Å². The number of amides is 1. The first-order valence-corrected chi connectivity index (χ1v) is 8.78. The van der Waals surface area contributed by atoms with E-state index in [0.717, 1.165) is 30.5 Å². The molecule has 6 nitrogen and oxygen atoms in total. The van der Waals surface area contributed by atoms with E-state index in [9.17, 15) is 4.79 Å². The van der Waals surface area contributed by atoms with Crippen LogP contribution < -0.4 is 4.74 Å². The molecule has 1 spiro atoms. The Hall–Kier alpha value is -2.89. The van der Waals surface area contributed by atoms with Gasteiger partial charge in [-0.05, 0) is 24.3 Å². The van der Waals surface area contributed by atoms with Crippen molar-refractivity contribution < 1.29 is 14.4 Å². The van der Waals surface area contributed by atoms with Gasteiger partial charge < -0.3 is 14.5 Å². The maximum absolute atomic E-state index is 12.8. The highest BCUT2D eigenvalue weighted by atomic mass is 16.7. The van der Waals surface area contributed by atoms with Gasteiger partial charge in [-0.15, -0.1) is 0 Å². The molecule has 2 aliphatic heterocycles. The van der Waals surface area contributed by atoms with Crippen molar-refractivity contribution in [2.75, 3.05) is 20.2 Å². The Morgan fingerprint density at radius 2 is 2.00 bits per heavy atom. The van der Waals surface area contributed by atoms with Crippen LogP contribution in [0.1, 0.15) is 35.2 Å². The number of ether oxygens (including phenoxy) is 1.